The third-order valence-electron chi connectivity index (χ3n) is 4.86. The quantitative estimate of drug-likeness (QED) is 0.565. The normalized spacial score (nSPS) is 12.0. The van der Waals surface area contributed by atoms with Gasteiger partial charge in [-0.3, -0.25) is 9.59 Å². The van der Waals surface area contributed by atoms with Gasteiger partial charge in [0.1, 0.15) is 5.69 Å². The van der Waals surface area contributed by atoms with Crippen LogP contribution < -0.4 is 10.9 Å². The zero-order valence-corrected chi connectivity index (χ0v) is 15.4. The van der Waals surface area contributed by atoms with E-state index in [0.29, 0.717) is 6.54 Å². The van der Waals surface area contributed by atoms with Crippen molar-refractivity contribution in [3.8, 4) is 0 Å². The van der Waals surface area contributed by atoms with Gasteiger partial charge >= 0.3 is 0 Å². The fourth-order valence-electron chi connectivity index (χ4n) is 3.38. The number of rotatable bonds is 5. The predicted molar refractivity (Wildman–Crippen MR) is 108 cm³/mol. The minimum absolute atomic E-state index is 0.0196. The number of H-pyrrole nitrogens is 1. The molecule has 0 fully saturated rings. The summed E-state index contributed by atoms with van der Waals surface area (Å²) in [5, 5.41) is 8.12. The van der Waals surface area contributed by atoms with Gasteiger partial charge in [0.05, 0.1) is 0 Å². The average molecular weight is 372 g/mol. The topological polar surface area (TPSA) is 79.8 Å². The van der Waals surface area contributed by atoms with E-state index in [4.69, 9.17) is 0 Å². The molecule has 0 aliphatic heterocycles. The van der Waals surface area contributed by atoms with Crippen LogP contribution in [0.1, 0.15) is 27.5 Å². The van der Waals surface area contributed by atoms with Gasteiger partial charge in [-0.1, -0.05) is 48.5 Å². The monoisotopic (exact) mass is 372 g/mol. The van der Waals surface area contributed by atoms with E-state index in [0.717, 1.165) is 26.7 Å². The van der Waals surface area contributed by atoms with Crippen LogP contribution in [0.5, 0.6) is 0 Å². The second-order valence-corrected chi connectivity index (χ2v) is 6.64. The van der Waals surface area contributed by atoms with Crippen molar-refractivity contribution in [3.63, 3.8) is 0 Å². The van der Waals surface area contributed by atoms with Crippen LogP contribution in [0.15, 0.2) is 77.7 Å². The molecular weight excluding hydrogens is 352 g/mol. The molecule has 2 aromatic heterocycles. The Bertz CT molecular complexity index is 1180. The van der Waals surface area contributed by atoms with E-state index in [1.54, 1.807) is 0 Å². The molecule has 1 amide bonds. The Morgan fingerprint density at radius 1 is 1.07 bits per heavy atom. The van der Waals surface area contributed by atoms with E-state index in [2.05, 4.69) is 33.6 Å². The van der Waals surface area contributed by atoms with E-state index in [9.17, 15) is 9.59 Å². The van der Waals surface area contributed by atoms with E-state index in [-0.39, 0.29) is 23.1 Å². The minimum Gasteiger partial charge on any atom is -0.361 e. The fourth-order valence-corrected chi connectivity index (χ4v) is 3.38. The van der Waals surface area contributed by atoms with Gasteiger partial charge < -0.3 is 10.3 Å². The van der Waals surface area contributed by atoms with E-state index in [1.807, 2.05) is 42.6 Å². The maximum atomic E-state index is 12.6. The number of amides is 1. The Hall–Kier alpha value is -3.67. The third-order valence-corrected chi connectivity index (χ3v) is 4.86. The predicted octanol–water partition coefficient (Wildman–Crippen LogP) is 2.82. The van der Waals surface area contributed by atoms with Crippen LogP contribution in [0.3, 0.4) is 0 Å². The Kier molecular flexibility index (Phi) is 4.76. The minimum atomic E-state index is -0.309. The highest BCUT2D eigenvalue weighted by molar-refractivity contribution is 5.92. The molecule has 0 saturated heterocycles. The summed E-state index contributed by atoms with van der Waals surface area (Å²) in [5.41, 5.74) is 3.26. The summed E-state index contributed by atoms with van der Waals surface area (Å²) in [7, 11) is 1.53. The highest BCUT2D eigenvalue weighted by Gasteiger charge is 2.19. The molecule has 4 rings (SSSR count). The van der Waals surface area contributed by atoms with Crippen molar-refractivity contribution >= 4 is 16.8 Å². The lowest BCUT2D eigenvalue weighted by Gasteiger charge is -2.18. The highest BCUT2D eigenvalue weighted by Crippen LogP contribution is 2.30. The van der Waals surface area contributed by atoms with Crippen LogP contribution in [0, 0.1) is 0 Å². The first-order valence-electron chi connectivity index (χ1n) is 9.07. The lowest BCUT2D eigenvalue weighted by atomic mass is 9.91. The molecule has 0 spiro atoms. The molecule has 2 aromatic carbocycles. The Balaban J connectivity index is 1.64. The van der Waals surface area contributed by atoms with Gasteiger partial charge in [-0.05, 0) is 23.3 Å². The summed E-state index contributed by atoms with van der Waals surface area (Å²) in [6.45, 7) is 0.412. The fraction of sp³-hybridized carbons (Fsp3) is 0.136. The molecule has 0 saturated carbocycles. The van der Waals surface area contributed by atoms with E-state index >= 15 is 0 Å². The molecule has 0 radical (unpaired) electrons. The third kappa shape index (κ3) is 3.44. The molecular formula is C22H20N4O2. The van der Waals surface area contributed by atoms with Gasteiger partial charge in [-0.25, -0.2) is 4.68 Å². The molecule has 0 aliphatic carbocycles. The van der Waals surface area contributed by atoms with Gasteiger partial charge in [0.25, 0.3) is 11.5 Å². The smallest absolute Gasteiger partial charge is 0.271 e. The summed E-state index contributed by atoms with van der Waals surface area (Å²) < 4.78 is 1.16. The van der Waals surface area contributed by atoms with Crippen LogP contribution in [0.2, 0.25) is 0 Å². The number of hydrogen-bond donors (Lipinski definition) is 2. The molecule has 4 aromatic rings. The molecule has 0 aliphatic rings. The first kappa shape index (κ1) is 17.7. The Labute approximate surface area is 161 Å². The molecule has 0 bridgehead atoms. The molecule has 1 atom stereocenters. The summed E-state index contributed by atoms with van der Waals surface area (Å²) in [5.74, 6) is -0.329. The number of carbonyl (C=O) groups is 1. The number of fused-ring (bicyclic) bond motifs is 1. The number of para-hydroxylation sites is 1. The number of aryl methyl sites for hydroxylation is 1. The number of carbonyl (C=O) groups excluding carboxylic acids is 1. The van der Waals surface area contributed by atoms with Gasteiger partial charge in [0.2, 0.25) is 0 Å². The van der Waals surface area contributed by atoms with Gasteiger partial charge in [0, 0.05) is 42.7 Å². The lowest BCUT2D eigenvalue weighted by molar-refractivity contribution is 0.0945. The van der Waals surface area contributed by atoms with Crippen molar-refractivity contribution in [1.29, 1.82) is 0 Å². The molecule has 140 valence electrons. The van der Waals surface area contributed by atoms with E-state index in [1.165, 1.54) is 19.2 Å². The molecule has 6 nitrogen and oxygen atoms in total. The largest absolute Gasteiger partial charge is 0.361 e. The van der Waals surface area contributed by atoms with Crippen molar-refractivity contribution in [3.05, 3.63) is 100 Å². The van der Waals surface area contributed by atoms with Crippen LogP contribution in [-0.4, -0.2) is 27.2 Å². The SMILES string of the molecule is Cn1nc(C(=O)NCC(c2ccccc2)c2c[nH]c3ccccc23)ccc1=O. The molecule has 1 unspecified atom stereocenters. The number of benzene rings is 2. The Morgan fingerprint density at radius 2 is 1.82 bits per heavy atom. The van der Waals surface area contributed by atoms with Crippen molar-refractivity contribution < 1.29 is 4.79 Å². The van der Waals surface area contributed by atoms with Crippen molar-refractivity contribution in [2.75, 3.05) is 6.54 Å². The maximum absolute atomic E-state index is 12.6. The van der Waals surface area contributed by atoms with E-state index < -0.39 is 0 Å². The number of nitrogens with zero attached hydrogens (tertiary/aromatic N) is 2. The summed E-state index contributed by atoms with van der Waals surface area (Å²) in [6.07, 6.45) is 2.00. The summed E-state index contributed by atoms with van der Waals surface area (Å²) in [6, 6.07) is 21.0. The van der Waals surface area contributed by atoms with Crippen LogP contribution in [0.25, 0.3) is 10.9 Å². The maximum Gasteiger partial charge on any atom is 0.271 e. The number of hydrogen-bond acceptors (Lipinski definition) is 3. The summed E-state index contributed by atoms with van der Waals surface area (Å²) in [4.78, 5) is 27.4. The van der Waals surface area contributed by atoms with Crippen molar-refractivity contribution in [2.45, 2.75) is 5.92 Å². The zero-order chi connectivity index (χ0) is 19.5. The number of nitrogens with one attached hydrogen (secondary N) is 2. The average Bonchev–Trinajstić information content (AvgIpc) is 3.15. The van der Waals surface area contributed by atoms with Crippen LogP contribution in [-0.2, 0) is 7.05 Å². The van der Waals surface area contributed by atoms with Crippen molar-refractivity contribution in [2.24, 2.45) is 7.05 Å². The van der Waals surface area contributed by atoms with Crippen molar-refractivity contribution in [1.82, 2.24) is 20.1 Å². The first-order chi connectivity index (χ1) is 13.6. The zero-order valence-electron chi connectivity index (χ0n) is 15.4. The highest BCUT2D eigenvalue weighted by atomic mass is 16.2. The first-order valence-corrected chi connectivity index (χ1v) is 9.07. The number of aromatic amines is 1. The Morgan fingerprint density at radius 3 is 2.61 bits per heavy atom. The van der Waals surface area contributed by atoms with Crippen LogP contribution in [0.4, 0.5) is 0 Å². The summed E-state index contributed by atoms with van der Waals surface area (Å²) >= 11 is 0. The molecule has 6 heteroatoms. The second kappa shape index (κ2) is 7.52. The molecule has 2 heterocycles. The molecule has 2 N–H and O–H groups in total. The molecule has 28 heavy (non-hydrogen) atoms. The standard InChI is InChI=1S/C22H20N4O2/c1-26-21(27)12-11-20(25-26)22(28)24-13-17(15-7-3-2-4-8-15)18-14-23-19-10-6-5-9-16(18)19/h2-12,14,17,23H,13H2,1H3,(H,24,28). The van der Waals surface area contributed by atoms with Crippen LogP contribution >= 0.6 is 0 Å². The van der Waals surface area contributed by atoms with Gasteiger partial charge in [-0.2, -0.15) is 5.10 Å². The van der Waals surface area contributed by atoms with Gasteiger partial charge in [0.15, 0.2) is 0 Å². The second-order valence-electron chi connectivity index (χ2n) is 6.64. The lowest BCUT2D eigenvalue weighted by Crippen LogP contribution is -2.31. The van der Waals surface area contributed by atoms with Gasteiger partial charge in [-0.15, -0.1) is 0 Å². The number of aromatic nitrogens is 3.